The van der Waals surface area contributed by atoms with Crippen molar-refractivity contribution in [2.24, 2.45) is 5.73 Å². The number of rotatable bonds is 1. The molecule has 0 aromatic rings. The predicted molar refractivity (Wildman–Crippen MR) is 57.4 cm³/mol. The number of nitrogens with two attached hydrogens (primary N) is 1. The highest BCUT2D eigenvalue weighted by molar-refractivity contribution is 5.81. The third-order valence-corrected chi connectivity index (χ3v) is 3.40. The third kappa shape index (κ3) is 2.32. The van der Waals surface area contributed by atoms with Crippen molar-refractivity contribution >= 4 is 5.91 Å². The van der Waals surface area contributed by atoms with Gasteiger partial charge in [0.1, 0.15) is 6.10 Å². The van der Waals surface area contributed by atoms with Crippen LogP contribution in [-0.2, 0) is 9.53 Å². The molecule has 4 nitrogen and oxygen atoms in total. The van der Waals surface area contributed by atoms with Crippen LogP contribution in [-0.4, -0.2) is 42.1 Å². The van der Waals surface area contributed by atoms with Crippen LogP contribution in [0.3, 0.4) is 0 Å². The Labute approximate surface area is 90.8 Å². The summed E-state index contributed by atoms with van der Waals surface area (Å²) in [5.41, 5.74) is 5.87. The molecule has 15 heavy (non-hydrogen) atoms. The predicted octanol–water partition coefficient (Wildman–Crippen LogP) is 0.504. The van der Waals surface area contributed by atoms with Crippen LogP contribution in [0.1, 0.15) is 32.6 Å². The Balaban J connectivity index is 1.94. The van der Waals surface area contributed by atoms with Crippen LogP contribution < -0.4 is 5.73 Å². The zero-order valence-electron chi connectivity index (χ0n) is 9.32. The quantitative estimate of drug-likeness (QED) is 0.688. The molecule has 3 atom stereocenters. The minimum atomic E-state index is -0.179. The van der Waals surface area contributed by atoms with Crippen molar-refractivity contribution in [2.75, 3.05) is 13.2 Å². The summed E-state index contributed by atoms with van der Waals surface area (Å²) in [6, 6.07) is 0.527. The summed E-state index contributed by atoms with van der Waals surface area (Å²) in [4.78, 5) is 14.0. The van der Waals surface area contributed by atoms with E-state index in [1.54, 1.807) is 0 Å². The van der Waals surface area contributed by atoms with Gasteiger partial charge >= 0.3 is 0 Å². The number of piperidine rings is 1. The Kier molecular flexibility index (Phi) is 3.26. The molecule has 4 heteroatoms. The van der Waals surface area contributed by atoms with Gasteiger partial charge in [-0.05, 0) is 32.6 Å². The van der Waals surface area contributed by atoms with Crippen LogP contribution in [0.2, 0.25) is 0 Å². The van der Waals surface area contributed by atoms with Gasteiger partial charge in [-0.3, -0.25) is 4.79 Å². The van der Waals surface area contributed by atoms with Gasteiger partial charge in [0.05, 0.1) is 0 Å². The highest BCUT2D eigenvalue weighted by Gasteiger charge is 2.33. The van der Waals surface area contributed by atoms with Crippen molar-refractivity contribution in [2.45, 2.75) is 50.8 Å². The van der Waals surface area contributed by atoms with E-state index in [0.717, 1.165) is 38.8 Å². The summed E-state index contributed by atoms with van der Waals surface area (Å²) in [6.45, 7) is 3.60. The number of amides is 1. The molecule has 0 spiro atoms. The number of hydrogen-bond acceptors (Lipinski definition) is 3. The highest BCUT2D eigenvalue weighted by atomic mass is 16.5. The van der Waals surface area contributed by atoms with Gasteiger partial charge in [0.15, 0.2) is 0 Å². The molecule has 0 saturated carbocycles. The molecular formula is C11H20N2O2. The van der Waals surface area contributed by atoms with E-state index in [-0.39, 0.29) is 24.1 Å². The lowest BCUT2D eigenvalue weighted by Gasteiger charge is -2.37. The zero-order valence-corrected chi connectivity index (χ0v) is 9.32. The first kappa shape index (κ1) is 10.9. The molecule has 2 aliphatic rings. The van der Waals surface area contributed by atoms with Crippen LogP contribution in [0.4, 0.5) is 0 Å². The van der Waals surface area contributed by atoms with Crippen LogP contribution in [0, 0.1) is 0 Å². The van der Waals surface area contributed by atoms with Crippen molar-refractivity contribution in [3.63, 3.8) is 0 Å². The second kappa shape index (κ2) is 4.49. The number of ether oxygens (including phenoxy) is 1. The van der Waals surface area contributed by atoms with Gasteiger partial charge < -0.3 is 15.4 Å². The fraction of sp³-hybridized carbons (Fsp3) is 0.909. The van der Waals surface area contributed by atoms with E-state index < -0.39 is 0 Å². The standard InChI is InChI=1S/C11H20N2O2/c1-8-7-9(12)4-5-13(8)11(14)10-3-2-6-15-10/h8-10H,2-7,12H2,1H3/t8?,9?,10-/m1/s1. The van der Waals surface area contributed by atoms with Gasteiger partial charge in [-0.25, -0.2) is 0 Å². The SMILES string of the molecule is CC1CC(N)CCN1C(=O)[C@H]1CCCO1. The van der Waals surface area contributed by atoms with Crippen LogP contribution in [0.15, 0.2) is 0 Å². The lowest BCUT2D eigenvalue weighted by atomic mass is 9.98. The molecular weight excluding hydrogens is 192 g/mol. The van der Waals surface area contributed by atoms with E-state index in [9.17, 15) is 4.79 Å². The van der Waals surface area contributed by atoms with Crippen molar-refractivity contribution in [1.82, 2.24) is 4.90 Å². The number of carbonyl (C=O) groups excluding carboxylic acids is 1. The van der Waals surface area contributed by atoms with Crippen molar-refractivity contribution in [3.05, 3.63) is 0 Å². The van der Waals surface area contributed by atoms with Gasteiger partial charge in [-0.2, -0.15) is 0 Å². The summed E-state index contributed by atoms with van der Waals surface area (Å²) in [5, 5.41) is 0. The smallest absolute Gasteiger partial charge is 0.251 e. The normalized spacial score (nSPS) is 36.9. The number of hydrogen-bond donors (Lipinski definition) is 1. The molecule has 2 heterocycles. The van der Waals surface area contributed by atoms with Gasteiger partial charge in [0, 0.05) is 25.2 Å². The highest BCUT2D eigenvalue weighted by Crippen LogP contribution is 2.21. The number of nitrogens with zero attached hydrogens (tertiary/aromatic N) is 1. The molecule has 1 amide bonds. The Morgan fingerprint density at radius 1 is 1.47 bits per heavy atom. The van der Waals surface area contributed by atoms with E-state index in [0.29, 0.717) is 0 Å². The number of likely N-dealkylation sites (tertiary alicyclic amines) is 1. The molecule has 2 rings (SSSR count). The fourth-order valence-corrected chi connectivity index (χ4v) is 2.49. The first-order valence-corrected chi connectivity index (χ1v) is 5.86. The Morgan fingerprint density at radius 2 is 2.27 bits per heavy atom. The molecule has 0 aromatic heterocycles. The first-order valence-electron chi connectivity index (χ1n) is 5.86. The molecule has 0 bridgehead atoms. The Bertz CT molecular complexity index is 239. The van der Waals surface area contributed by atoms with E-state index in [1.165, 1.54) is 0 Å². The molecule has 2 unspecified atom stereocenters. The molecule has 0 aliphatic carbocycles. The van der Waals surface area contributed by atoms with E-state index in [1.807, 2.05) is 4.90 Å². The van der Waals surface area contributed by atoms with Crippen molar-refractivity contribution in [1.29, 1.82) is 0 Å². The maximum atomic E-state index is 12.1. The van der Waals surface area contributed by atoms with Gasteiger partial charge in [-0.1, -0.05) is 0 Å². The molecule has 0 aromatic carbocycles. The van der Waals surface area contributed by atoms with E-state index in [2.05, 4.69) is 6.92 Å². The summed E-state index contributed by atoms with van der Waals surface area (Å²) >= 11 is 0. The Hall–Kier alpha value is -0.610. The molecule has 86 valence electrons. The summed E-state index contributed by atoms with van der Waals surface area (Å²) in [5.74, 6) is 0.173. The third-order valence-electron chi connectivity index (χ3n) is 3.40. The van der Waals surface area contributed by atoms with Gasteiger partial charge in [-0.15, -0.1) is 0 Å². The number of carbonyl (C=O) groups is 1. The average Bonchev–Trinajstić information content (AvgIpc) is 2.69. The Morgan fingerprint density at radius 3 is 2.87 bits per heavy atom. The molecule has 2 fully saturated rings. The maximum Gasteiger partial charge on any atom is 0.251 e. The van der Waals surface area contributed by atoms with E-state index >= 15 is 0 Å². The van der Waals surface area contributed by atoms with Gasteiger partial charge in [0.2, 0.25) is 0 Å². The van der Waals surface area contributed by atoms with Gasteiger partial charge in [0.25, 0.3) is 5.91 Å². The van der Waals surface area contributed by atoms with Crippen molar-refractivity contribution < 1.29 is 9.53 Å². The monoisotopic (exact) mass is 212 g/mol. The molecule has 2 aliphatic heterocycles. The maximum absolute atomic E-state index is 12.1. The topological polar surface area (TPSA) is 55.6 Å². The summed E-state index contributed by atoms with van der Waals surface area (Å²) in [7, 11) is 0. The van der Waals surface area contributed by atoms with Crippen molar-refractivity contribution in [3.8, 4) is 0 Å². The summed E-state index contributed by atoms with van der Waals surface area (Å²) < 4.78 is 5.42. The largest absolute Gasteiger partial charge is 0.368 e. The van der Waals surface area contributed by atoms with Crippen LogP contribution in [0.25, 0.3) is 0 Å². The second-order valence-corrected chi connectivity index (χ2v) is 4.67. The average molecular weight is 212 g/mol. The second-order valence-electron chi connectivity index (χ2n) is 4.67. The lowest BCUT2D eigenvalue weighted by Crippen LogP contribution is -2.51. The minimum Gasteiger partial charge on any atom is -0.368 e. The molecule has 2 saturated heterocycles. The molecule has 2 N–H and O–H groups in total. The van der Waals surface area contributed by atoms with E-state index in [4.69, 9.17) is 10.5 Å². The molecule has 0 radical (unpaired) electrons. The zero-order chi connectivity index (χ0) is 10.8. The van der Waals surface area contributed by atoms with Crippen LogP contribution in [0.5, 0.6) is 0 Å². The fourth-order valence-electron chi connectivity index (χ4n) is 2.49. The minimum absolute atomic E-state index is 0.173. The lowest BCUT2D eigenvalue weighted by molar-refractivity contribution is -0.144. The van der Waals surface area contributed by atoms with Crippen LogP contribution >= 0.6 is 0 Å². The first-order chi connectivity index (χ1) is 7.18. The summed E-state index contributed by atoms with van der Waals surface area (Å²) in [6.07, 6.45) is 3.55.